The summed E-state index contributed by atoms with van der Waals surface area (Å²) in [5, 5.41) is 12.4. The first-order chi connectivity index (χ1) is 19.2. The van der Waals surface area contributed by atoms with Crippen LogP contribution in [-0.2, 0) is 21.4 Å². The Kier molecular flexibility index (Phi) is 7.37. The number of anilines is 1. The number of amides is 1. The van der Waals surface area contributed by atoms with Crippen LogP contribution in [0.25, 0.3) is 5.65 Å². The average Bonchev–Trinajstić information content (AvgIpc) is 3.50. The monoisotopic (exact) mass is 549 g/mol. The standard InChI is InChI=1S/C30H40FN7O2/c1-20-13-32-26(15-35-9-10-40-17-21(35)2)36(14-20)16-27(39)37-18-30(3,4)28-25(37)12-23(29-34-33-19-38(28)29)11-22-5-7-24(31)8-6-22/h5-8,12,19-21,26,32H,9-11,13-18H2,1-4H3/t20-,21+,26-/m0/s1. The van der Waals surface area contributed by atoms with Crippen molar-refractivity contribution >= 4 is 17.2 Å². The van der Waals surface area contributed by atoms with Crippen LogP contribution in [0.15, 0.2) is 36.7 Å². The molecule has 2 fully saturated rings. The molecule has 1 N–H and O–H groups in total. The lowest BCUT2D eigenvalue weighted by atomic mass is 9.90. The molecule has 10 heteroatoms. The molecule has 0 unspecified atom stereocenters. The van der Waals surface area contributed by atoms with Crippen LogP contribution in [0.2, 0.25) is 0 Å². The summed E-state index contributed by atoms with van der Waals surface area (Å²) in [6.45, 7) is 14.8. The van der Waals surface area contributed by atoms with Crippen molar-refractivity contribution < 1.29 is 13.9 Å². The number of hydrogen-bond donors (Lipinski definition) is 1. The van der Waals surface area contributed by atoms with Crippen molar-refractivity contribution in [1.82, 2.24) is 29.7 Å². The number of benzene rings is 1. The van der Waals surface area contributed by atoms with Crippen LogP contribution < -0.4 is 10.2 Å². The highest BCUT2D eigenvalue weighted by molar-refractivity contribution is 5.97. The lowest BCUT2D eigenvalue weighted by molar-refractivity contribution is -0.121. The van der Waals surface area contributed by atoms with Gasteiger partial charge in [0.05, 0.1) is 37.3 Å². The SMILES string of the molecule is C[C@H]1CN[C@H](CN2CCOC[C@H]2C)N(CC(=O)N2CC(C)(C)c3c2cc(Cc2ccc(F)cc2)c2nncn32)C1. The van der Waals surface area contributed by atoms with Gasteiger partial charge in [-0.25, -0.2) is 4.39 Å². The molecule has 2 aromatic heterocycles. The second kappa shape index (κ2) is 10.8. The Morgan fingerprint density at radius 1 is 1.20 bits per heavy atom. The minimum atomic E-state index is -0.268. The minimum absolute atomic E-state index is 0.0999. The second-order valence-electron chi connectivity index (χ2n) is 12.5. The number of hydrogen-bond acceptors (Lipinski definition) is 7. The Morgan fingerprint density at radius 3 is 2.77 bits per heavy atom. The van der Waals surface area contributed by atoms with Gasteiger partial charge in [-0.1, -0.05) is 32.9 Å². The quantitative estimate of drug-likeness (QED) is 0.507. The molecule has 9 nitrogen and oxygen atoms in total. The molecule has 6 rings (SSSR count). The fourth-order valence-electron chi connectivity index (χ4n) is 6.57. The number of nitrogens with zero attached hydrogens (tertiary/aromatic N) is 6. The maximum atomic E-state index is 14.1. The molecule has 214 valence electrons. The topological polar surface area (TPSA) is 78.2 Å². The van der Waals surface area contributed by atoms with E-state index in [1.54, 1.807) is 18.5 Å². The molecule has 1 aromatic carbocycles. The highest BCUT2D eigenvalue weighted by atomic mass is 19.1. The predicted molar refractivity (Wildman–Crippen MR) is 152 cm³/mol. The van der Waals surface area contributed by atoms with Gasteiger partial charge in [0.1, 0.15) is 12.1 Å². The number of carbonyl (C=O) groups excluding carboxylic acids is 1. The van der Waals surface area contributed by atoms with Gasteiger partial charge >= 0.3 is 0 Å². The van der Waals surface area contributed by atoms with Gasteiger partial charge in [0, 0.05) is 56.2 Å². The molecule has 5 heterocycles. The van der Waals surface area contributed by atoms with E-state index in [9.17, 15) is 9.18 Å². The van der Waals surface area contributed by atoms with Crippen LogP contribution in [0.4, 0.5) is 10.1 Å². The Labute approximate surface area is 235 Å². The summed E-state index contributed by atoms with van der Waals surface area (Å²) in [6.07, 6.45) is 2.43. The molecular weight excluding hydrogens is 509 g/mol. The molecule has 0 spiro atoms. The predicted octanol–water partition coefficient (Wildman–Crippen LogP) is 2.67. The molecule has 0 aliphatic carbocycles. The summed E-state index contributed by atoms with van der Waals surface area (Å²) in [5.74, 6) is 0.307. The molecule has 3 atom stereocenters. The summed E-state index contributed by atoms with van der Waals surface area (Å²) in [4.78, 5) is 20.8. The molecule has 3 aliphatic rings. The summed E-state index contributed by atoms with van der Waals surface area (Å²) >= 11 is 0. The molecule has 0 bridgehead atoms. The van der Waals surface area contributed by atoms with Crippen LogP contribution in [0.5, 0.6) is 0 Å². The van der Waals surface area contributed by atoms with Gasteiger partial charge in [-0.2, -0.15) is 0 Å². The van der Waals surface area contributed by atoms with Crippen LogP contribution in [0.3, 0.4) is 0 Å². The number of ether oxygens (including phenoxy) is 1. The van der Waals surface area contributed by atoms with E-state index in [0.717, 1.165) is 67.5 Å². The molecular formula is C30H40FN7O2. The van der Waals surface area contributed by atoms with Crippen molar-refractivity contribution in [3.05, 3.63) is 59.3 Å². The summed E-state index contributed by atoms with van der Waals surface area (Å²) in [7, 11) is 0. The molecule has 0 saturated carbocycles. The van der Waals surface area contributed by atoms with E-state index in [0.29, 0.717) is 31.5 Å². The molecule has 0 radical (unpaired) electrons. The number of carbonyl (C=O) groups is 1. The van der Waals surface area contributed by atoms with Crippen LogP contribution >= 0.6 is 0 Å². The van der Waals surface area contributed by atoms with Crippen LogP contribution in [0.1, 0.15) is 44.5 Å². The Balaban J connectivity index is 1.28. The number of aromatic nitrogens is 3. The Hall–Kier alpha value is -2.92. The van der Waals surface area contributed by atoms with Crippen LogP contribution in [-0.4, -0.2) is 95.0 Å². The fourth-order valence-corrected chi connectivity index (χ4v) is 6.57. The lowest BCUT2D eigenvalue weighted by Gasteiger charge is -2.44. The largest absolute Gasteiger partial charge is 0.379 e. The van der Waals surface area contributed by atoms with Gasteiger partial charge in [-0.05, 0) is 36.6 Å². The van der Waals surface area contributed by atoms with Crippen molar-refractivity contribution in [1.29, 1.82) is 0 Å². The number of fused-ring (bicyclic) bond motifs is 3. The summed E-state index contributed by atoms with van der Waals surface area (Å²) in [6, 6.07) is 9.00. The maximum Gasteiger partial charge on any atom is 0.241 e. The fraction of sp³-hybridized carbons (Fsp3) is 0.567. The van der Waals surface area contributed by atoms with Gasteiger partial charge < -0.3 is 15.0 Å². The number of halogens is 1. The highest BCUT2D eigenvalue weighted by Crippen LogP contribution is 2.42. The van der Waals surface area contributed by atoms with E-state index >= 15 is 0 Å². The second-order valence-corrected chi connectivity index (χ2v) is 12.5. The van der Waals surface area contributed by atoms with E-state index in [4.69, 9.17) is 4.74 Å². The number of nitrogens with one attached hydrogen (secondary N) is 1. The van der Waals surface area contributed by atoms with E-state index in [2.05, 4.69) is 59.1 Å². The van der Waals surface area contributed by atoms with Crippen molar-refractivity contribution in [3.63, 3.8) is 0 Å². The minimum Gasteiger partial charge on any atom is -0.379 e. The van der Waals surface area contributed by atoms with Crippen molar-refractivity contribution in [3.8, 4) is 0 Å². The maximum absolute atomic E-state index is 14.1. The first-order valence-electron chi connectivity index (χ1n) is 14.4. The van der Waals surface area contributed by atoms with Crippen molar-refractivity contribution in [2.24, 2.45) is 5.92 Å². The first kappa shape index (κ1) is 27.3. The molecule has 3 aromatic rings. The van der Waals surface area contributed by atoms with Gasteiger partial charge in [-0.15, -0.1) is 10.2 Å². The van der Waals surface area contributed by atoms with Gasteiger partial charge in [0.15, 0.2) is 5.65 Å². The normalized spacial score (nSPS) is 25.4. The smallest absolute Gasteiger partial charge is 0.241 e. The Bertz CT molecular complexity index is 1370. The Morgan fingerprint density at radius 2 is 2.00 bits per heavy atom. The van der Waals surface area contributed by atoms with Gasteiger partial charge in [0.2, 0.25) is 5.91 Å². The summed E-state index contributed by atoms with van der Waals surface area (Å²) < 4.78 is 21.2. The van der Waals surface area contributed by atoms with Crippen molar-refractivity contribution in [2.75, 3.05) is 57.4 Å². The number of morpholine rings is 1. The third-order valence-electron chi connectivity index (χ3n) is 8.66. The van der Waals surface area contributed by atoms with Crippen LogP contribution in [0, 0.1) is 11.7 Å². The van der Waals surface area contributed by atoms with E-state index in [1.165, 1.54) is 12.1 Å². The molecule has 2 saturated heterocycles. The zero-order valence-corrected chi connectivity index (χ0v) is 23.9. The first-order valence-corrected chi connectivity index (χ1v) is 14.4. The summed E-state index contributed by atoms with van der Waals surface area (Å²) in [5.41, 5.74) is 4.42. The lowest BCUT2D eigenvalue weighted by Crippen LogP contribution is -2.62. The zero-order valence-electron chi connectivity index (χ0n) is 23.9. The molecule has 1 amide bonds. The van der Waals surface area contributed by atoms with Gasteiger partial charge in [-0.3, -0.25) is 19.0 Å². The average molecular weight is 550 g/mol. The van der Waals surface area contributed by atoms with Gasteiger partial charge in [0.25, 0.3) is 0 Å². The molecule has 40 heavy (non-hydrogen) atoms. The molecule has 3 aliphatic heterocycles. The van der Waals surface area contributed by atoms with E-state index in [1.807, 2.05) is 9.30 Å². The third kappa shape index (κ3) is 5.25. The highest BCUT2D eigenvalue weighted by Gasteiger charge is 2.42. The zero-order chi connectivity index (χ0) is 28.0. The number of pyridine rings is 1. The number of rotatable bonds is 6. The van der Waals surface area contributed by atoms with E-state index in [-0.39, 0.29) is 23.3 Å². The third-order valence-corrected chi connectivity index (χ3v) is 8.66. The van der Waals surface area contributed by atoms with E-state index < -0.39 is 0 Å². The van der Waals surface area contributed by atoms with Crippen molar-refractivity contribution in [2.45, 2.75) is 51.7 Å².